The first-order chi connectivity index (χ1) is 26.1. The quantitative estimate of drug-likeness (QED) is 0.274. The monoisotopic (exact) mass is 761 g/mol. The zero-order chi connectivity index (χ0) is 37.8. The van der Waals surface area contributed by atoms with Crippen molar-refractivity contribution in [1.82, 2.24) is 15.1 Å². The summed E-state index contributed by atoms with van der Waals surface area (Å²) in [5.74, 6) is 2.45. The molecule has 7 aliphatic heterocycles. The topological polar surface area (TPSA) is 152 Å². The fourth-order valence-electron chi connectivity index (χ4n) is 10.1. The van der Waals surface area contributed by atoms with Crippen LogP contribution in [0, 0.1) is 13.8 Å². The molecule has 2 fully saturated rings. The second kappa shape index (κ2) is 13.0. The van der Waals surface area contributed by atoms with Gasteiger partial charge in [-0.1, -0.05) is 13.0 Å². The molecule has 4 N–H and O–H groups in total. The molecule has 7 atom stereocenters. The molecule has 0 radical (unpaired) electrons. The van der Waals surface area contributed by atoms with E-state index in [2.05, 4.69) is 28.1 Å². The van der Waals surface area contributed by atoms with Crippen LogP contribution in [0.1, 0.15) is 75.2 Å². The number of fused-ring (bicyclic) bond motifs is 9. The van der Waals surface area contributed by atoms with Gasteiger partial charge < -0.3 is 43.7 Å². The van der Waals surface area contributed by atoms with Crippen molar-refractivity contribution in [3.8, 4) is 40.2 Å². The van der Waals surface area contributed by atoms with E-state index >= 15 is 0 Å². The lowest BCUT2D eigenvalue weighted by atomic mass is 9.73. The van der Waals surface area contributed by atoms with E-state index in [0.717, 1.165) is 45.4 Å². The Balaban J connectivity index is 1.31. The van der Waals surface area contributed by atoms with Crippen LogP contribution in [-0.2, 0) is 27.9 Å². The summed E-state index contributed by atoms with van der Waals surface area (Å²) < 4.78 is 36.8. The van der Waals surface area contributed by atoms with Crippen molar-refractivity contribution in [2.75, 3.05) is 53.6 Å². The highest BCUT2D eigenvalue weighted by Gasteiger charge is 2.61. The van der Waals surface area contributed by atoms with E-state index in [1.807, 2.05) is 20.9 Å². The third-order valence-electron chi connectivity index (χ3n) is 12.5. The third kappa shape index (κ3) is 4.82. The Labute approximate surface area is 318 Å². The van der Waals surface area contributed by atoms with Crippen molar-refractivity contribution in [2.24, 2.45) is 0 Å². The average molecular weight is 762 g/mol. The van der Waals surface area contributed by atoms with Crippen LogP contribution in [0.15, 0.2) is 18.2 Å². The molecule has 4 bridgehead atoms. The maximum absolute atomic E-state index is 14.7. The van der Waals surface area contributed by atoms with Gasteiger partial charge in [-0.2, -0.15) is 0 Å². The molecule has 0 aromatic heterocycles. The van der Waals surface area contributed by atoms with E-state index in [9.17, 15) is 20.1 Å². The fraction of sp³-hybridized carbons (Fsp3) is 0.525. The highest BCUT2D eigenvalue weighted by atomic mass is 32.2. The Morgan fingerprint density at radius 2 is 1.81 bits per heavy atom. The number of carbonyl (C=O) groups excluding carboxylic acids is 1. The van der Waals surface area contributed by atoms with Gasteiger partial charge in [-0.15, -0.1) is 11.8 Å². The number of benzene rings is 3. The number of nitrogens with one attached hydrogen (secondary N) is 1. The third-order valence-corrected chi connectivity index (χ3v) is 13.9. The number of phenolic OH excluding ortho intramolecular Hbond substituents is 2. The number of aryl methyl sites for hydroxylation is 1. The fourth-order valence-corrected chi connectivity index (χ4v) is 11.8. The Bertz CT molecular complexity index is 2060. The van der Waals surface area contributed by atoms with Gasteiger partial charge in [-0.3, -0.25) is 15.1 Å². The van der Waals surface area contributed by atoms with Crippen LogP contribution in [0.5, 0.6) is 40.2 Å². The zero-order valence-corrected chi connectivity index (χ0v) is 32.2. The van der Waals surface area contributed by atoms with Crippen LogP contribution < -0.4 is 29.0 Å². The molecule has 54 heavy (non-hydrogen) atoms. The molecule has 1 unspecified atom stereocenters. The molecule has 3 aromatic carbocycles. The van der Waals surface area contributed by atoms with E-state index in [1.54, 1.807) is 31.0 Å². The second-order valence-electron chi connectivity index (χ2n) is 15.2. The number of aromatic hydroxyl groups is 2. The number of hydrogen-bond donors (Lipinski definition) is 4. The number of rotatable bonds is 5. The van der Waals surface area contributed by atoms with Gasteiger partial charge in [0.1, 0.15) is 18.6 Å². The number of esters is 1. The number of aliphatic hydroxyl groups is 1. The maximum Gasteiger partial charge on any atom is 0.331 e. The molecular weight excluding hydrogens is 715 g/mol. The molecule has 14 heteroatoms. The molecule has 3 aromatic rings. The predicted octanol–water partition coefficient (Wildman–Crippen LogP) is 4.28. The van der Waals surface area contributed by atoms with Crippen LogP contribution in [0.4, 0.5) is 0 Å². The van der Waals surface area contributed by atoms with Gasteiger partial charge in [0.2, 0.25) is 6.79 Å². The summed E-state index contributed by atoms with van der Waals surface area (Å²) in [6.07, 6.45) is 0.911. The van der Waals surface area contributed by atoms with Gasteiger partial charge >= 0.3 is 5.97 Å². The van der Waals surface area contributed by atoms with Gasteiger partial charge in [-0.25, -0.2) is 4.79 Å². The maximum atomic E-state index is 14.7. The summed E-state index contributed by atoms with van der Waals surface area (Å²) >= 11 is 1.59. The lowest BCUT2D eigenvalue weighted by Gasteiger charge is -2.62. The number of likely N-dealkylation sites (N-methyl/N-ethyl adjacent to an activating group) is 1. The Morgan fingerprint density at radius 3 is 2.57 bits per heavy atom. The van der Waals surface area contributed by atoms with E-state index < -0.39 is 41.1 Å². The normalized spacial score (nSPS) is 29.5. The van der Waals surface area contributed by atoms with E-state index in [0.29, 0.717) is 54.6 Å². The van der Waals surface area contributed by atoms with Gasteiger partial charge in [0.15, 0.2) is 40.0 Å². The van der Waals surface area contributed by atoms with Crippen molar-refractivity contribution in [3.05, 3.63) is 62.7 Å². The highest BCUT2D eigenvalue weighted by molar-refractivity contribution is 7.99. The van der Waals surface area contributed by atoms with Crippen molar-refractivity contribution in [3.63, 3.8) is 0 Å². The summed E-state index contributed by atoms with van der Waals surface area (Å²) in [5.41, 5.74) is 5.33. The highest BCUT2D eigenvalue weighted by Crippen LogP contribution is 2.64. The van der Waals surface area contributed by atoms with Crippen molar-refractivity contribution in [2.45, 2.75) is 81.2 Å². The SMILES string of the molecule is CCCOc1c(C)c2c(c3c1[C@H]1SC[C@]4(NCCc5cc(O)c(OC)cc54)C(=O)OC[C@H]3N3C1[C@H]1c4c(cc(C)c(OC)c4O)C[C@H]([C@@H]3O)N1C)OCO2. The molecule has 7 aliphatic rings. The molecule has 10 rings (SSSR count). The first-order valence-electron chi connectivity index (χ1n) is 18.7. The number of phenols is 2. The molecule has 288 valence electrons. The largest absolute Gasteiger partial charge is 0.504 e. The van der Waals surface area contributed by atoms with E-state index in [1.165, 1.54) is 7.11 Å². The van der Waals surface area contributed by atoms with Gasteiger partial charge in [0.25, 0.3) is 0 Å². The average Bonchev–Trinajstić information content (AvgIpc) is 3.65. The number of carbonyl (C=O) groups is 1. The molecule has 0 saturated carbocycles. The van der Waals surface area contributed by atoms with Crippen LogP contribution in [0.25, 0.3) is 0 Å². The first-order valence-corrected chi connectivity index (χ1v) is 19.7. The first kappa shape index (κ1) is 35.6. The summed E-state index contributed by atoms with van der Waals surface area (Å²) in [6, 6.07) is 3.66. The van der Waals surface area contributed by atoms with Crippen LogP contribution in [-0.4, -0.2) is 103 Å². The molecule has 0 amide bonds. The minimum Gasteiger partial charge on any atom is -0.504 e. The summed E-state index contributed by atoms with van der Waals surface area (Å²) in [7, 11) is 5.08. The minimum absolute atomic E-state index is 0.0114. The summed E-state index contributed by atoms with van der Waals surface area (Å²) in [5, 5.41) is 38.5. The number of aliphatic hydroxyl groups excluding tert-OH is 1. The zero-order valence-electron chi connectivity index (χ0n) is 31.4. The minimum atomic E-state index is -1.29. The number of nitrogens with zero attached hydrogens (tertiary/aromatic N) is 2. The van der Waals surface area contributed by atoms with Gasteiger partial charge in [-0.05, 0) is 74.5 Å². The molecule has 0 aliphatic carbocycles. The Kier molecular flexibility index (Phi) is 8.58. The Hall–Kier alpha value is -4.08. The molecule has 7 heterocycles. The second-order valence-corrected chi connectivity index (χ2v) is 16.3. The van der Waals surface area contributed by atoms with Crippen molar-refractivity contribution >= 4 is 17.7 Å². The van der Waals surface area contributed by atoms with Crippen LogP contribution in [0.2, 0.25) is 0 Å². The molecular formula is C40H47N3O10S. The van der Waals surface area contributed by atoms with Crippen LogP contribution in [0.3, 0.4) is 0 Å². The van der Waals surface area contributed by atoms with Gasteiger partial charge in [0.05, 0.1) is 44.2 Å². The van der Waals surface area contributed by atoms with Crippen LogP contribution >= 0.6 is 11.8 Å². The number of thioether (sulfide) groups is 1. The summed E-state index contributed by atoms with van der Waals surface area (Å²) in [6.45, 7) is 6.86. The molecule has 2 saturated heterocycles. The molecule has 13 nitrogen and oxygen atoms in total. The van der Waals surface area contributed by atoms with E-state index in [4.69, 9.17) is 28.4 Å². The van der Waals surface area contributed by atoms with Crippen molar-refractivity contribution < 1.29 is 48.5 Å². The number of piperazine rings is 1. The lowest BCUT2D eigenvalue weighted by molar-refractivity contribution is -0.186. The number of hydrogen-bond acceptors (Lipinski definition) is 14. The van der Waals surface area contributed by atoms with Crippen molar-refractivity contribution in [1.29, 1.82) is 0 Å². The molecule has 1 spiro atoms. The van der Waals surface area contributed by atoms with Gasteiger partial charge in [0, 0.05) is 40.6 Å². The summed E-state index contributed by atoms with van der Waals surface area (Å²) in [4.78, 5) is 19.0. The lowest BCUT2D eigenvalue weighted by Crippen LogP contribution is -2.70. The number of methoxy groups -OCH3 is 2. The predicted molar refractivity (Wildman–Crippen MR) is 199 cm³/mol. The number of ether oxygens (including phenoxy) is 6. The Morgan fingerprint density at radius 1 is 1.02 bits per heavy atom. The smallest absolute Gasteiger partial charge is 0.331 e. The van der Waals surface area contributed by atoms with E-state index in [-0.39, 0.29) is 42.4 Å². The standard InChI is InChI=1S/C40H47N3O10S/c1-7-10-50-34-19(3)35-36(53-17-52-35)28-24-15-51-39(47)40(22-14-26(48-5)25(44)13-20(22)8-9-41-40)16-54-37(29(28)34)31-30-27-21(11-18(2)33(49-6)32(27)45)12-23(42(30)4)38(46)43(24)31/h11,13-14,23-24,30-31,37-38,41,44-46H,7-10,12,15-17H2,1-6H3/t23-,24-,30-,31?,37-,38+,40-/m1/s1.